The van der Waals surface area contributed by atoms with E-state index >= 15 is 0 Å². The molecule has 0 unspecified atom stereocenters. The van der Waals surface area contributed by atoms with Crippen LogP contribution >= 0.6 is 11.8 Å². The summed E-state index contributed by atoms with van der Waals surface area (Å²) in [7, 11) is 1.95. The van der Waals surface area contributed by atoms with Gasteiger partial charge in [0.25, 0.3) is 5.91 Å². The fourth-order valence-electron chi connectivity index (χ4n) is 2.47. The minimum Gasteiger partial charge on any atom is -0.322 e. The van der Waals surface area contributed by atoms with Gasteiger partial charge in [-0.25, -0.2) is 10.4 Å². The molecule has 3 aromatic rings. The molecule has 6 heteroatoms. The Kier molecular flexibility index (Phi) is 5.86. The van der Waals surface area contributed by atoms with Gasteiger partial charge in [0.2, 0.25) is 0 Å². The molecule has 0 fully saturated rings. The van der Waals surface area contributed by atoms with Gasteiger partial charge in [0.15, 0.2) is 5.16 Å². The van der Waals surface area contributed by atoms with Crippen LogP contribution in [0.2, 0.25) is 0 Å². The van der Waals surface area contributed by atoms with Crippen molar-refractivity contribution >= 4 is 41.0 Å². The number of hydrogen-bond acceptors (Lipinski definition) is 4. The van der Waals surface area contributed by atoms with Crippen LogP contribution in [-0.4, -0.2) is 27.4 Å². The zero-order valence-corrected chi connectivity index (χ0v) is 15.5. The second kappa shape index (κ2) is 8.49. The van der Waals surface area contributed by atoms with Crippen LogP contribution in [0.25, 0.3) is 17.1 Å². The van der Waals surface area contributed by atoms with Crippen molar-refractivity contribution in [1.29, 1.82) is 0 Å². The number of rotatable bonds is 6. The number of hydrazone groups is 1. The Morgan fingerprint density at radius 3 is 2.69 bits per heavy atom. The number of aryl methyl sites for hydroxylation is 1. The molecular formula is C20H20N4OS. The third kappa shape index (κ3) is 4.61. The predicted molar refractivity (Wildman–Crippen MR) is 108 cm³/mol. The van der Waals surface area contributed by atoms with Crippen molar-refractivity contribution in [1.82, 2.24) is 15.0 Å². The van der Waals surface area contributed by atoms with E-state index in [1.165, 1.54) is 11.8 Å². The van der Waals surface area contributed by atoms with Gasteiger partial charge in [-0.05, 0) is 30.2 Å². The number of hydrogen-bond donors (Lipinski definition) is 1. The zero-order chi connectivity index (χ0) is 18.4. The number of para-hydroxylation sites is 2. The predicted octanol–water partition coefficient (Wildman–Crippen LogP) is 3.87. The van der Waals surface area contributed by atoms with E-state index in [-0.39, 0.29) is 11.7 Å². The molecule has 132 valence electrons. The second-order valence-electron chi connectivity index (χ2n) is 5.82. The molecule has 1 heterocycles. The van der Waals surface area contributed by atoms with Gasteiger partial charge < -0.3 is 4.57 Å². The highest BCUT2D eigenvalue weighted by molar-refractivity contribution is 7.99. The third-order valence-electron chi connectivity index (χ3n) is 3.73. The first-order valence-electron chi connectivity index (χ1n) is 8.23. The number of aromatic nitrogens is 2. The first-order chi connectivity index (χ1) is 12.6. The molecule has 0 aliphatic rings. The molecule has 0 saturated carbocycles. The minimum absolute atomic E-state index is 0.161. The van der Waals surface area contributed by atoms with E-state index in [4.69, 9.17) is 0 Å². The van der Waals surface area contributed by atoms with Gasteiger partial charge in [-0.1, -0.05) is 60.3 Å². The van der Waals surface area contributed by atoms with Gasteiger partial charge in [0, 0.05) is 7.05 Å². The number of thioether (sulfide) groups is 1. The van der Waals surface area contributed by atoms with E-state index in [9.17, 15) is 4.79 Å². The van der Waals surface area contributed by atoms with Gasteiger partial charge in [0.1, 0.15) is 0 Å². The number of imidazole rings is 1. The normalized spacial score (nSPS) is 12.0. The van der Waals surface area contributed by atoms with Crippen LogP contribution in [0.3, 0.4) is 0 Å². The molecule has 2 aromatic carbocycles. The molecule has 0 bridgehead atoms. The van der Waals surface area contributed by atoms with E-state index in [0.29, 0.717) is 0 Å². The summed E-state index contributed by atoms with van der Waals surface area (Å²) in [6.07, 6.45) is 3.65. The van der Waals surface area contributed by atoms with E-state index in [0.717, 1.165) is 27.3 Å². The molecule has 0 atom stereocenters. The fourth-order valence-corrected chi connectivity index (χ4v) is 3.25. The number of nitrogens with zero attached hydrogens (tertiary/aromatic N) is 3. The average Bonchev–Trinajstić information content (AvgIpc) is 2.97. The zero-order valence-electron chi connectivity index (χ0n) is 14.7. The molecule has 0 aliphatic heterocycles. The highest BCUT2D eigenvalue weighted by Gasteiger charge is 2.09. The molecule has 0 radical (unpaired) electrons. The van der Waals surface area contributed by atoms with Gasteiger partial charge in [0.05, 0.1) is 23.0 Å². The van der Waals surface area contributed by atoms with Crippen LogP contribution < -0.4 is 5.43 Å². The number of nitrogens with one attached hydrogen (secondary N) is 1. The Labute approximate surface area is 156 Å². The lowest BCUT2D eigenvalue weighted by molar-refractivity contribution is -0.118. The quantitative estimate of drug-likeness (QED) is 0.410. The average molecular weight is 364 g/mol. The molecule has 0 saturated heterocycles. The van der Waals surface area contributed by atoms with Gasteiger partial charge in [-0.3, -0.25) is 4.79 Å². The van der Waals surface area contributed by atoms with Crippen molar-refractivity contribution in [3.63, 3.8) is 0 Å². The second-order valence-corrected chi connectivity index (χ2v) is 6.77. The maximum absolute atomic E-state index is 12.0. The summed E-state index contributed by atoms with van der Waals surface area (Å²) in [6, 6.07) is 17.9. The number of benzene rings is 2. The third-order valence-corrected chi connectivity index (χ3v) is 4.76. The summed E-state index contributed by atoms with van der Waals surface area (Å²) in [5.74, 6) is 0.0986. The van der Waals surface area contributed by atoms with Crippen LogP contribution in [0.15, 0.2) is 70.4 Å². The molecule has 3 rings (SSSR count). The first-order valence-corrected chi connectivity index (χ1v) is 9.21. The topological polar surface area (TPSA) is 59.3 Å². The SMILES string of the molecule is CC(C=NNC(=O)CSc1nc2ccccc2n1C)=Cc1ccccc1. The Balaban J connectivity index is 1.52. The highest BCUT2D eigenvalue weighted by atomic mass is 32.2. The van der Waals surface area contributed by atoms with E-state index in [2.05, 4.69) is 15.5 Å². The number of allylic oxidation sites excluding steroid dienone is 1. The Hall–Kier alpha value is -2.86. The summed E-state index contributed by atoms with van der Waals surface area (Å²) >= 11 is 1.39. The molecule has 0 spiro atoms. The van der Waals surface area contributed by atoms with E-state index < -0.39 is 0 Å². The number of fused-ring (bicyclic) bond motifs is 1. The van der Waals surface area contributed by atoms with Gasteiger partial charge >= 0.3 is 0 Å². The lowest BCUT2D eigenvalue weighted by Gasteiger charge is -2.01. The maximum atomic E-state index is 12.0. The monoisotopic (exact) mass is 364 g/mol. The molecule has 1 N–H and O–H groups in total. The first kappa shape index (κ1) is 17.9. The molecule has 26 heavy (non-hydrogen) atoms. The van der Waals surface area contributed by atoms with Gasteiger partial charge in [-0.2, -0.15) is 5.10 Å². The van der Waals surface area contributed by atoms with Crippen LogP contribution in [0.4, 0.5) is 0 Å². The molecule has 5 nitrogen and oxygen atoms in total. The Morgan fingerprint density at radius 2 is 1.92 bits per heavy atom. The fraction of sp³-hybridized carbons (Fsp3) is 0.150. The van der Waals surface area contributed by atoms with Crippen molar-refractivity contribution in [3.8, 4) is 0 Å². The Bertz CT molecular complexity index is 960. The van der Waals surface area contributed by atoms with Crippen LogP contribution in [-0.2, 0) is 11.8 Å². The number of amides is 1. The summed E-state index contributed by atoms with van der Waals surface area (Å²) in [4.78, 5) is 16.5. The maximum Gasteiger partial charge on any atom is 0.250 e. The molecule has 0 aliphatic carbocycles. The van der Waals surface area contributed by atoms with Crippen molar-refractivity contribution in [2.24, 2.45) is 12.1 Å². The number of carbonyl (C=O) groups is 1. The van der Waals surface area contributed by atoms with Crippen LogP contribution in [0.1, 0.15) is 12.5 Å². The summed E-state index contributed by atoms with van der Waals surface area (Å²) < 4.78 is 1.99. The van der Waals surface area contributed by atoms with Crippen molar-refractivity contribution in [2.45, 2.75) is 12.1 Å². The van der Waals surface area contributed by atoms with Crippen LogP contribution in [0.5, 0.6) is 0 Å². The summed E-state index contributed by atoms with van der Waals surface area (Å²) in [5, 5.41) is 4.82. The lowest BCUT2D eigenvalue weighted by atomic mass is 10.1. The lowest BCUT2D eigenvalue weighted by Crippen LogP contribution is -2.19. The number of carbonyl (C=O) groups excluding carboxylic acids is 1. The van der Waals surface area contributed by atoms with E-state index in [1.54, 1.807) is 6.21 Å². The highest BCUT2D eigenvalue weighted by Crippen LogP contribution is 2.22. The van der Waals surface area contributed by atoms with Gasteiger partial charge in [-0.15, -0.1) is 0 Å². The van der Waals surface area contributed by atoms with Crippen LogP contribution in [0, 0.1) is 0 Å². The standard InChI is InChI=1S/C20H20N4OS/c1-15(12-16-8-4-3-5-9-16)13-21-23-19(25)14-26-20-22-17-10-6-7-11-18(17)24(20)2/h3-13H,14H2,1-2H3,(H,23,25). The summed E-state index contributed by atoms with van der Waals surface area (Å²) in [6.45, 7) is 1.94. The molecular weight excluding hydrogens is 344 g/mol. The van der Waals surface area contributed by atoms with E-state index in [1.807, 2.05) is 79.2 Å². The largest absolute Gasteiger partial charge is 0.322 e. The van der Waals surface area contributed by atoms with Crippen molar-refractivity contribution in [2.75, 3.05) is 5.75 Å². The Morgan fingerprint density at radius 1 is 1.19 bits per heavy atom. The molecule has 1 aromatic heterocycles. The smallest absolute Gasteiger partial charge is 0.250 e. The van der Waals surface area contributed by atoms with Crippen molar-refractivity contribution < 1.29 is 4.79 Å². The summed E-state index contributed by atoms with van der Waals surface area (Å²) in [5.41, 5.74) is 6.59. The molecule has 1 amide bonds. The van der Waals surface area contributed by atoms with Crippen molar-refractivity contribution in [3.05, 3.63) is 65.7 Å². The minimum atomic E-state index is -0.161.